The Labute approximate surface area is 199 Å². The summed E-state index contributed by atoms with van der Waals surface area (Å²) in [7, 11) is 3.32. The lowest BCUT2D eigenvalue weighted by Gasteiger charge is -2.31. The molecule has 176 valence electrons. The number of rotatable bonds is 6. The first kappa shape index (κ1) is 22.3. The number of methoxy groups -OCH3 is 2. The largest absolute Gasteiger partial charge is 0.493 e. The first-order valence-corrected chi connectivity index (χ1v) is 13.2. The fourth-order valence-corrected chi connectivity index (χ4v) is 5.78. The monoisotopic (exact) mass is 467 g/mol. The molecule has 33 heavy (non-hydrogen) atoms. The highest BCUT2D eigenvalue weighted by molar-refractivity contribution is 7.99. The van der Waals surface area contributed by atoms with Crippen LogP contribution in [0.2, 0.25) is 0 Å². The molecule has 8 heteroatoms. The van der Waals surface area contributed by atoms with Crippen molar-refractivity contribution in [3.8, 4) is 22.8 Å². The third-order valence-electron chi connectivity index (χ3n) is 7.07. The highest BCUT2D eigenvalue weighted by Gasteiger charge is 2.24. The molecular formula is C25H33N5O2S. The summed E-state index contributed by atoms with van der Waals surface area (Å²) in [6, 6.07) is 4.44. The van der Waals surface area contributed by atoms with Crippen molar-refractivity contribution in [1.82, 2.24) is 19.7 Å². The number of hydrogen-bond donors (Lipinski definition) is 0. The van der Waals surface area contributed by atoms with Gasteiger partial charge in [0.1, 0.15) is 0 Å². The number of nitrogens with zero attached hydrogens (tertiary/aromatic N) is 5. The molecule has 0 spiro atoms. The summed E-state index contributed by atoms with van der Waals surface area (Å²) in [4.78, 5) is 12.4. The second-order valence-electron chi connectivity index (χ2n) is 9.02. The number of thioether (sulfide) groups is 1. The standard InChI is InChI=1S/C25H33N5O2S/c1-31-22-13-20-21(14-23(22)32-2)27-25(29-11-9-19(33-3)10-12-29)28-24(20)17-15-26-30(16-17)18-7-5-4-6-8-18/h13-16,18-19H,4-12H2,1-3H3. The maximum Gasteiger partial charge on any atom is 0.226 e. The number of aromatic nitrogens is 4. The number of ether oxygens (including phenoxy) is 2. The minimum absolute atomic E-state index is 0.486. The van der Waals surface area contributed by atoms with Crippen LogP contribution in [0.4, 0.5) is 5.95 Å². The fourth-order valence-electron chi connectivity index (χ4n) is 5.10. The minimum Gasteiger partial charge on any atom is -0.493 e. The van der Waals surface area contributed by atoms with Gasteiger partial charge in [0.2, 0.25) is 5.95 Å². The molecule has 1 aliphatic heterocycles. The van der Waals surface area contributed by atoms with Crippen molar-refractivity contribution >= 4 is 28.6 Å². The van der Waals surface area contributed by atoms with Crippen LogP contribution in [0.1, 0.15) is 51.0 Å². The molecule has 0 atom stereocenters. The minimum atomic E-state index is 0.486. The van der Waals surface area contributed by atoms with Crippen molar-refractivity contribution in [1.29, 1.82) is 0 Å². The molecule has 0 amide bonds. The molecule has 2 fully saturated rings. The second-order valence-corrected chi connectivity index (χ2v) is 10.2. The molecule has 2 aromatic heterocycles. The van der Waals surface area contributed by atoms with E-state index in [9.17, 15) is 0 Å². The van der Waals surface area contributed by atoms with E-state index in [4.69, 9.17) is 24.5 Å². The molecule has 3 aromatic rings. The highest BCUT2D eigenvalue weighted by atomic mass is 32.2. The molecule has 7 nitrogen and oxygen atoms in total. The van der Waals surface area contributed by atoms with Gasteiger partial charge in [-0.2, -0.15) is 16.9 Å². The van der Waals surface area contributed by atoms with Crippen LogP contribution < -0.4 is 14.4 Å². The smallest absolute Gasteiger partial charge is 0.226 e. The third kappa shape index (κ3) is 4.50. The number of piperidine rings is 1. The second kappa shape index (κ2) is 9.79. The normalized spacial score (nSPS) is 18.1. The Morgan fingerprint density at radius 2 is 1.67 bits per heavy atom. The molecule has 1 saturated heterocycles. The molecule has 0 bridgehead atoms. The number of hydrogen-bond acceptors (Lipinski definition) is 7. The lowest BCUT2D eigenvalue weighted by atomic mass is 9.96. The van der Waals surface area contributed by atoms with Crippen LogP contribution in [0.3, 0.4) is 0 Å². The fraction of sp³-hybridized carbons (Fsp3) is 0.560. The van der Waals surface area contributed by atoms with Crippen LogP contribution in [-0.2, 0) is 0 Å². The maximum atomic E-state index is 5.59. The van der Waals surface area contributed by atoms with Crippen molar-refractivity contribution in [3.63, 3.8) is 0 Å². The summed E-state index contributed by atoms with van der Waals surface area (Å²) in [6.45, 7) is 1.95. The zero-order chi connectivity index (χ0) is 22.8. The Kier molecular flexibility index (Phi) is 6.62. The van der Waals surface area contributed by atoms with Gasteiger partial charge < -0.3 is 14.4 Å². The maximum absolute atomic E-state index is 5.59. The third-order valence-corrected chi connectivity index (χ3v) is 8.21. The van der Waals surface area contributed by atoms with Gasteiger partial charge in [0.05, 0.1) is 37.7 Å². The molecule has 3 heterocycles. The van der Waals surface area contributed by atoms with Gasteiger partial charge in [0.15, 0.2) is 11.5 Å². The van der Waals surface area contributed by atoms with E-state index in [2.05, 4.69) is 22.0 Å². The van der Waals surface area contributed by atoms with Gasteiger partial charge in [-0.3, -0.25) is 4.68 Å². The van der Waals surface area contributed by atoms with Crippen LogP contribution in [-0.4, -0.2) is 58.6 Å². The number of benzene rings is 1. The number of anilines is 1. The van der Waals surface area contributed by atoms with E-state index < -0.39 is 0 Å². The van der Waals surface area contributed by atoms with Gasteiger partial charge in [-0.25, -0.2) is 9.97 Å². The molecule has 2 aliphatic rings. The summed E-state index contributed by atoms with van der Waals surface area (Å²) >= 11 is 1.96. The van der Waals surface area contributed by atoms with Crippen molar-refractivity contribution in [2.75, 3.05) is 38.5 Å². The average molecular weight is 468 g/mol. The summed E-state index contributed by atoms with van der Waals surface area (Å²) < 4.78 is 13.3. The van der Waals surface area contributed by atoms with E-state index in [0.29, 0.717) is 17.5 Å². The van der Waals surface area contributed by atoms with E-state index in [-0.39, 0.29) is 0 Å². The predicted octanol–water partition coefficient (Wildman–Crippen LogP) is 5.35. The average Bonchev–Trinajstić information content (AvgIpc) is 3.38. The van der Waals surface area contributed by atoms with Crippen LogP contribution >= 0.6 is 11.8 Å². The van der Waals surface area contributed by atoms with E-state index in [1.165, 1.54) is 32.1 Å². The van der Waals surface area contributed by atoms with E-state index in [1.54, 1.807) is 14.2 Å². The van der Waals surface area contributed by atoms with E-state index in [1.807, 2.05) is 30.1 Å². The van der Waals surface area contributed by atoms with E-state index >= 15 is 0 Å². The SMILES string of the molecule is COc1cc2nc(N3CCC(SC)CC3)nc(-c3cnn(C4CCCCC4)c3)c2cc1OC. The van der Waals surface area contributed by atoms with Crippen LogP contribution in [0.5, 0.6) is 11.5 Å². The van der Waals surface area contributed by atoms with Crippen molar-refractivity contribution in [3.05, 3.63) is 24.5 Å². The van der Waals surface area contributed by atoms with Gasteiger partial charge in [-0.05, 0) is 38.0 Å². The molecule has 0 radical (unpaired) electrons. The highest BCUT2D eigenvalue weighted by Crippen LogP contribution is 2.38. The van der Waals surface area contributed by atoms with Crippen LogP contribution in [0.15, 0.2) is 24.5 Å². The van der Waals surface area contributed by atoms with Crippen LogP contribution in [0.25, 0.3) is 22.2 Å². The summed E-state index contributed by atoms with van der Waals surface area (Å²) in [6.07, 6.45) is 14.9. The first-order valence-electron chi connectivity index (χ1n) is 12.0. The first-order chi connectivity index (χ1) is 16.2. The molecule has 1 aliphatic carbocycles. The molecule has 1 aromatic carbocycles. The predicted molar refractivity (Wildman–Crippen MR) is 135 cm³/mol. The zero-order valence-corrected chi connectivity index (χ0v) is 20.6. The summed E-state index contributed by atoms with van der Waals surface area (Å²) in [5.41, 5.74) is 2.80. The summed E-state index contributed by atoms with van der Waals surface area (Å²) in [5.74, 6) is 2.15. The van der Waals surface area contributed by atoms with E-state index in [0.717, 1.165) is 59.3 Å². The van der Waals surface area contributed by atoms with Crippen molar-refractivity contribution in [2.45, 2.75) is 56.2 Å². The van der Waals surface area contributed by atoms with Crippen molar-refractivity contribution < 1.29 is 9.47 Å². The van der Waals surface area contributed by atoms with Crippen LogP contribution in [0, 0.1) is 0 Å². The van der Waals surface area contributed by atoms with Gasteiger partial charge >= 0.3 is 0 Å². The number of fused-ring (bicyclic) bond motifs is 1. The summed E-state index contributed by atoms with van der Waals surface area (Å²) in [5, 5.41) is 6.43. The zero-order valence-electron chi connectivity index (χ0n) is 19.8. The molecule has 1 saturated carbocycles. The lowest BCUT2D eigenvalue weighted by molar-refractivity contribution is 0.329. The topological polar surface area (TPSA) is 65.3 Å². The molecule has 0 unspecified atom stereocenters. The van der Waals surface area contributed by atoms with Gasteiger partial charge in [-0.1, -0.05) is 19.3 Å². The Bertz CT molecular complexity index is 1100. The Balaban J connectivity index is 1.58. The Morgan fingerprint density at radius 1 is 0.939 bits per heavy atom. The van der Waals surface area contributed by atoms with Gasteiger partial charge in [0.25, 0.3) is 0 Å². The molecule has 0 N–H and O–H groups in total. The quantitative estimate of drug-likeness (QED) is 0.484. The molecular weight excluding hydrogens is 434 g/mol. The Morgan fingerprint density at radius 3 is 2.36 bits per heavy atom. The molecule has 5 rings (SSSR count). The lowest BCUT2D eigenvalue weighted by Crippen LogP contribution is -2.35. The van der Waals surface area contributed by atoms with Crippen molar-refractivity contribution in [2.24, 2.45) is 0 Å². The van der Waals surface area contributed by atoms with Gasteiger partial charge in [0, 0.05) is 41.6 Å². The Hall–Kier alpha value is -2.48. The van der Waals surface area contributed by atoms with Gasteiger partial charge in [-0.15, -0.1) is 0 Å².